The van der Waals surface area contributed by atoms with E-state index in [9.17, 15) is 0 Å². The van der Waals surface area contributed by atoms with E-state index in [1.807, 2.05) is 42.9 Å². The van der Waals surface area contributed by atoms with Crippen molar-refractivity contribution in [2.24, 2.45) is 5.41 Å². The SMILES string of the molecule is CSc1cnc(NCC2(CNc3nc4ccccc4o3)CC2)nc1. The molecule has 0 spiro atoms. The number of para-hydroxylation sites is 2. The number of oxazole rings is 1. The van der Waals surface area contributed by atoms with Gasteiger partial charge in [0.2, 0.25) is 5.95 Å². The number of rotatable bonds is 7. The summed E-state index contributed by atoms with van der Waals surface area (Å²) in [6, 6.07) is 8.38. The van der Waals surface area contributed by atoms with Crippen LogP contribution in [0.5, 0.6) is 0 Å². The summed E-state index contributed by atoms with van der Waals surface area (Å²) in [5.74, 6) is 0.681. The highest BCUT2D eigenvalue weighted by Crippen LogP contribution is 2.45. The van der Waals surface area contributed by atoms with Crippen LogP contribution in [0.1, 0.15) is 12.8 Å². The number of hydrogen-bond acceptors (Lipinski definition) is 7. The molecule has 2 N–H and O–H groups in total. The van der Waals surface area contributed by atoms with Gasteiger partial charge in [0.15, 0.2) is 5.58 Å². The lowest BCUT2D eigenvalue weighted by atomic mass is 10.1. The summed E-state index contributed by atoms with van der Waals surface area (Å²) in [6.45, 7) is 1.68. The first-order chi connectivity index (χ1) is 11.8. The van der Waals surface area contributed by atoms with E-state index in [0.29, 0.717) is 12.0 Å². The highest BCUT2D eigenvalue weighted by Gasteiger charge is 2.42. The minimum atomic E-state index is 0.224. The van der Waals surface area contributed by atoms with Crippen molar-refractivity contribution < 1.29 is 4.42 Å². The molecule has 0 amide bonds. The van der Waals surface area contributed by atoms with Crippen LogP contribution < -0.4 is 10.6 Å². The lowest BCUT2D eigenvalue weighted by Gasteiger charge is -2.16. The van der Waals surface area contributed by atoms with E-state index >= 15 is 0 Å². The number of nitrogens with zero attached hydrogens (tertiary/aromatic N) is 3. The number of thioether (sulfide) groups is 1. The first kappa shape index (κ1) is 15.3. The van der Waals surface area contributed by atoms with Crippen molar-refractivity contribution >= 4 is 34.8 Å². The molecule has 0 bridgehead atoms. The lowest BCUT2D eigenvalue weighted by molar-refractivity contribution is 0.547. The Morgan fingerprint density at radius 3 is 2.58 bits per heavy atom. The number of fused-ring (bicyclic) bond motifs is 1. The second kappa shape index (κ2) is 6.32. The van der Waals surface area contributed by atoms with Gasteiger partial charge in [-0.25, -0.2) is 9.97 Å². The molecular weight excluding hydrogens is 322 g/mol. The maximum atomic E-state index is 5.71. The standard InChI is InChI=1S/C17H19N5OS/c1-24-12-8-18-15(19-9-12)20-10-17(6-7-17)11-21-16-22-13-4-2-3-5-14(13)23-16/h2-5,8-9H,6-7,10-11H2,1H3,(H,21,22)(H,18,19,20). The van der Waals surface area contributed by atoms with Crippen LogP contribution in [0.25, 0.3) is 11.1 Å². The largest absolute Gasteiger partial charge is 0.424 e. The van der Waals surface area contributed by atoms with Gasteiger partial charge in [0, 0.05) is 35.8 Å². The number of hydrogen-bond donors (Lipinski definition) is 2. The summed E-state index contributed by atoms with van der Waals surface area (Å²) in [6.07, 6.45) is 8.06. The summed E-state index contributed by atoms with van der Waals surface area (Å²) in [4.78, 5) is 14.2. The molecule has 0 atom stereocenters. The zero-order chi connectivity index (χ0) is 16.4. The fourth-order valence-corrected chi connectivity index (χ4v) is 2.90. The highest BCUT2D eigenvalue weighted by molar-refractivity contribution is 7.98. The Morgan fingerprint density at radius 1 is 1.12 bits per heavy atom. The van der Waals surface area contributed by atoms with E-state index in [2.05, 4.69) is 25.6 Å². The molecule has 2 aromatic heterocycles. The number of benzene rings is 1. The van der Waals surface area contributed by atoms with E-state index in [-0.39, 0.29) is 5.41 Å². The van der Waals surface area contributed by atoms with Gasteiger partial charge in [0.05, 0.1) is 0 Å². The van der Waals surface area contributed by atoms with Gasteiger partial charge in [0.1, 0.15) is 5.52 Å². The van der Waals surface area contributed by atoms with E-state index in [0.717, 1.165) is 29.1 Å². The van der Waals surface area contributed by atoms with Crippen LogP contribution in [0.3, 0.4) is 0 Å². The van der Waals surface area contributed by atoms with Crippen LogP contribution >= 0.6 is 11.8 Å². The third kappa shape index (κ3) is 3.31. The number of anilines is 2. The number of aromatic nitrogens is 3. The van der Waals surface area contributed by atoms with Crippen molar-refractivity contribution in [3.8, 4) is 0 Å². The first-order valence-electron chi connectivity index (χ1n) is 7.96. The minimum absolute atomic E-state index is 0.224. The van der Waals surface area contributed by atoms with E-state index in [1.165, 1.54) is 12.8 Å². The van der Waals surface area contributed by atoms with Gasteiger partial charge >= 0.3 is 0 Å². The maximum absolute atomic E-state index is 5.71. The Balaban J connectivity index is 1.33. The fraction of sp³-hybridized carbons (Fsp3) is 0.353. The third-order valence-corrected chi connectivity index (χ3v) is 5.03. The molecule has 6 nitrogen and oxygen atoms in total. The fourth-order valence-electron chi connectivity index (χ4n) is 2.58. The zero-order valence-electron chi connectivity index (χ0n) is 13.5. The lowest BCUT2D eigenvalue weighted by Crippen LogP contribution is -2.24. The minimum Gasteiger partial charge on any atom is -0.424 e. The second-order valence-corrected chi connectivity index (χ2v) is 7.02. The van der Waals surface area contributed by atoms with E-state index in [4.69, 9.17) is 4.42 Å². The molecule has 1 aliphatic rings. The van der Waals surface area contributed by atoms with Crippen LogP contribution in [0.4, 0.5) is 12.0 Å². The van der Waals surface area contributed by atoms with Gasteiger partial charge in [-0.05, 0) is 31.2 Å². The van der Waals surface area contributed by atoms with Crippen LogP contribution in [0, 0.1) is 5.41 Å². The van der Waals surface area contributed by atoms with Crippen LogP contribution in [0.15, 0.2) is 46.0 Å². The molecule has 0 unspecified atom stereocenters. The summed E-state index contributed by atoms with van der Waals surface area (Å²) >= 11 is 1.64. The predicted octanol–water partition coefficient (Wildman–Crippen LogP) is 3.64. The predicted molar refractivity (Wildman–Crippen MR) is 96.5 cm³/mol. The molecule has 3 aromatic rings. The van der Waals surface area contributed by atoms with Crippen LogP contribution in [0.2, 0.25) is 0 Å². The van der Waals surface area contributed by atoms with Crippen molar-refractivity contribution in [1.29, 1.82) is 0 Å². The van der Waals surface area contributed by atoms with Gasteiger partial charge in [-0.15, -0.1) is 11.8 Å². The molecule has 0 radical (unpaired) electrons. The Morgan fingerprint density at radius 2 is 1.88 bits per heavy atom. The molecular formula is C17H19N5OS. The quantitative estimate of drug-likeness (QED) is 0.635. The molecule has 4 rings (SSSR count). The topological polar surface area (TPSA) is 75.9 Å². The molecule has 7 heteroatoms. The van der Waals surface area contributed by atoms with Crippen molar-refractivity contribution in [3.05, 3.63) is 36.7 Å². The smallest absolute Gasteiger partial charge is 0.295 e. The van der Waals surface area contributed by atoms with Crippen molar-refractivity contribution in [2.75, 3.05) is 30.0 Å². The van der Waals surface area contributed by atoms with E-state index < -0.39 is 0 Å². The molecule has 1 aromatic carbocycles. The first-order valence-corrected chi connectivity index (χ1v) is 9.18. The Hall–Kier alpha value is -2.28. The van der Waals surface area contributed by atoms with Gasteiger partial charge in [-0.3, -0.25) is 0 Å². The molecule has 1 saturated carbocycles. The van der Waals surface area contributed by atoms with Crippen LogP contribution in [-0.4, -0.2) is 34.3 Å². The Bertz CT molecular complexity index is 795. The Kier molecular flexibility index (Phi) is 4.02. The summed E-state index contributed by atoms with van der Waals surface area (Å²) in [5, 5.41) is 6.67. The van der Waals surface area contributed by atoms with Gasteiger partial charge < -0.3 is 15.1 Å². The van der Waals surface area contributed by atoms with E-state index in [1.54, 1.807) is 11.8 Å². The molecule has 124 valence electrons. The Labute approximate surface area is 144 Å². The highest BCUT2D eigenvalue weighted by atomic mass is 32.2. The zero-order valence-corrected chi connectivity index (χ0v) is 14.3. The molecule has 0 aliphatic heterocycles. The normalized spacial score (nSPS) is 15.4. The molecule has 1 fully saturated rings. The maximum Gasteiger partial charge on any atom is 0.295 e. The monoisotopic (exact) mass is 341 g/mol. The van der Waals surface area contributed by atoms with Crippen molar-refractivity contribution in [3.63, 3.8) is 0 Å². The number of nitrogens with one attached hydrogen (secondary N) is 2. The molecule has 2 heterocycles. The molecule has 1 aliphatic carbocycles. The van der Waals surface area contributed by atoms with Gasteiger partial charge in [-0.2, -0.15) is 4.98 Å². The van der Waals surface area contributed by atoms with Crippen molar-refractivity contribution in [2.45, 2.75) is 17.7 Å². The average Bonchev–Trinajstić information content (AvgIpc) is 3.28. The second-order valence-electron chi connectivity index (χ2n) is 6.14. The van der Waals surface area contributed by atoms with Crippen molar-refractivity contribution in [1.82, 2.24) is 15.0 Å². The molecule has 24 heavy (non-hydrogen) atoms. The third-order valence-electron chi connectivity index (χ3n) is 4.35. The summed E-state index contributed by atoms with van der Waals surface area (Å²) in [7, 11) is 0. The molecule has 0 saturated heterocycles. The van der Waals surface area contributed by atoms with Crippen LogP contribution in [-0.2, 0) is 0 Å². The average molecular weight is 341 g/mol. The van der Waals surface area contributed by atoms with Gasteiger partial charge in [-0.1, -0.05) is 12.1 Å². The van der Waals surface area contributed by atoms with Gasteiger partial charge in [0.25, 0.3) is 6.01 Å². The summed E-state index contributed by atoms with van der Waals surface area (Å²) in [5.41, 5.74) is 1.91. The summed E-state index contributed by atoms with van der Waals surface area (Å²) < 4.78 is 5.71.